The fourth-order valence-corrected chi connectivity index (χ4v) is 1.02. The maximum atomic E-state index is 11.3. The third-order valence-corrected chi connectivity index (χ3v) is 2.02. The molecule has 0 amide bonds. The standard InChI is InChI=1S/C9H15N3O2/c1-3-8(10-2)6-14-9(13)12-5-4-11-7-12/h4-5,7-8,10H,3,6H2,1-2H3. The van der Waals surface area contributed by atoms with Gasteiger partial charge in [-0.25, -0.2) is 14.3 Å². The first-order valence-corrected chi connectivity index (χ1v) is 4.60. The molecular weight excluding hydrogens is 182 g/mol. The van der Waals surface area contributed by atoms with Gasteiger partial charge in [0.05, 0.1) is 0 Å². The van der Waals surface area contributed by atoms with Gasteiger partial charge in [0.2, 0.25) is 0 Å². The van der Waals surface area contributed by atoms with Crippen molar-refractivity contribution in [3.63, 3.8) is 0 Å². The number of likely N-dealkylation sites (N-methyl/N-ethyl adjacent to an activating group) is 1. The van der Waals surface area contributed by atoms with Crippen molar-refractivity contribution >= 4 is 6.09 Å². The number of imidazole rings is 1. The van der Waals surface area contributed by atoms with Crippen LogP contribution in [-0.2, 0) is 4.74 Å². The summed E-state index contributed by atoms with van der Waals surface area (Å²) in [6.45, 7) is 2.41. The average molecular weight is 197 g/mol. The molecule has 0 bridgehead atoms. The number of carbonyl (C=O) groups is 1. The normalized spacial score (nSPS) is 12.4. The molecule has 1 rings (SSSR count). The highest BCUT2D eigenvalue weighted by Gasteiger charge is 2.08. The van der Waals surface area contributed by atoms with E-state index in [0.29, 0.717) is 6.61 Å². The van der Waals surface area contributed by atoms with Gasteiger partial charge in [-0.3, -0.25) is 0 Å². The van der Waals surface area contributed by atoms with Gasteiger partial charge < -0.3 is 10.1 Å². The summed E-state index contributed by atoms with van der Waals surface area (Å²) < 4.78 is 6.36. The number of carbonyl (C=O) groups excluding carboxylic acids is 1. The molecule has 1 heterocycles. The summed E-state index contributed by atoms with van der Waals surface area (Å²) in [7, 11) is 1.85. The molecule has 0 radical (unpaired) electrons. The maximum absolute atomic E-state index is 11.3. The highest BCUT2D eigenvalue weighted by Crippen LogP contribution is 1.94. The van der Waals surface area contributed by atoms with Gasteiger partial charge in [0.1, 0.15) is 12.9 Å². The molecule has 0 saturated heterocycles. The molecule has 1 aromatic rings. The largest absolute Gasteiger partial charge is 0.447 e. The minimum absolute atomic E-state index is 0.211. The second-order valence-electron chi connectivity index (χ2n) is 2.94. The summed E-state index contributed by atoms with van der Waals surface area (Å²) in [6, 6.07) is 0.211. The van der Waals surface area contributed by atoms with Gasteiger partial charge in [0.25, 0.3) is 0 Å². The minimum Gasteiger partial charge on any atom is -0.447 e. The van der Waals surface area contributed by atoms with E-state index in [9.17, 15) is 4.79 Å². The Kier molecular flexibility index (Phi) is 4.12. The predicted octanol–water partition coefficient (Wildman–Crippen LogP) is 0.866. The van der Waals surface area contributed by atoms with Crippen LogP contribution in [0, 0.1) is 0 Å². The van der Waals surface area contributed by atoms with Crippen LogP contribution in [0.1, 0.15) is 13.3 Å². The quantitative estimate of drug-likeness (QED) is 0.778. The molecule has 78 valence electrons. The van der Waals surface area contributed by atoms with E-state index in [4.69, 9.17) is 4.74 Å². The lowest BCUT2D eigenvalue weighted by Crippen LogP contribution is -2.31. The molecular formula is C9H15N3O2. The first-order chi connectivity index (χ1) is 6.77. The predicted molar refractivity (Wildman–Crippen MR) is 52.1 cm³/mol. The Balaban J connectivity index is 2.35. The van der Waals surface area contributed by atoms with Crippen molar-refractivity contribution in [3.8, 4) is 0 Å². The molecule has 0 aromatic carbocycles. The van der Waals surface area contributed by atoms with Crippen LogP contribution in [0.5, 0.6) is 0 Å². The zero-order chi connectivity index (χ0) is 10.4. The average Bonchev–Trinajstić information content (AvgIpc) is 2.72. The van der Waals surface area contributed by atoms with Crippen LogP contribution < -0.4 is 5.32 Å². The highest BCUT2D eigenvalue weighted by molar-refractivity contribution is 5.69. The molecule has 1 N–H and O–H groups in total. The van der Waals surface area contributed by atoms with E-state index in [2.05, 4.69) is 10.3 Å². The monoisotopic (exact) mass is 197 g/mol. The Labute approximate surface area is 83.1 Å². The lowest BCUT2D eigenvalue weighted by atomic mass is 10.2. The molecule has 0 saturated carbocycles. The van der Waals surface area contributed by atoms with Crippen LogP contribution in [-0.4, -0.2) is 35.3 Å². The summed E-state index contributed by atoms with van der Waals surface area (Å²) in [5.74, 6) is 0. The fraction of sp³-hybridized carbons (Fsp3) is 0.556. The number of rotatable bonds is 4. The molecule has 1 unspecified atom stereocenters. The van der Waals surface area contributed by atoms with Crippen molar-refractivity contribution in [2.45, 2.75) is 19.4 Å². The van der Waals surface area contributed by atoms with Crippen molar-refractivity contribution in [2.24, 2.45) is 0 Å². The highest BCUT2D eigenvalue weighted by atomic mass is 16.5. The first-order valence-electron chi connectivity index (χ1n) is 4.60. The van der Waals surface area contributed by atoms with E-state index in [1.165, 1.54) is 17.1 Å². The Morgan fingerprint density at radius 3 is 3.00 bits per heavy atom. The van der Waals surface area contributed by atoms with Crippen molar-refractivity contribution in [3.05, 3.63) is 18.7 Å². The molecule has 1 atom stereocenters. The number of nitrogens with zero attached hydrogens (tertiary/aromatic N) is 2. The van der Waals surface area contributed by atoms with Gasteiger partial charge in [-0.15, -0.1) is 0 Å². The van der Waals surface area contributed by atoms with Crippen LogP contribution in [0.4, 0.5) is 4.79 Å². The summed E-state index contributed by atoms with van der Waals surface area (Å²) in [4.78, 5) is 15.1. The van der Waals surface area contributed by atoms with E-state index in [1.807, 2.05) is 14.0 Å². The first kappa shape index (κ1) is 10.7. The summed E-state index contributed by atoms with van der Waals surface area (Å²) in [5.41, 5.74) is 0. The van der Waals surface area contributed by atoms with Crippen molar-refractivity contribution in [2.75, 3.05) is 13.7 Å². The van der Waals surface area contributed by atoms with Crippen LogP contribution in [0.2, 0.25) is 0 Å². The van der Waals surface area contributed by atoms with E-state index >= 15 is 0 Å². The molecule has 1 aromatic heterocycles. The van der Waals surface area contributed by atoms with Crippen LogP contribution in [0.15, 0.2) is 18.7 Å². The zero-order valence-electron chi connectivity index (χ0n) is 8.43. The Morgan fingerprint density at radius 2 is 2.50 bits per heavy atom. The molecule has 0 fully saturated rings. The van der Waals surface area contributed by atoms with Crippen molar-refractivity contribution in [1.29, 1.82) is 0 Å². The van der Waals surface area contributed by atoms with Crippen LogP contribution in [0.3, 0.4) is 0 Å². The fourth-order valence-electron chi connectivity index (χ4n) is 1.02. The third kappa shape index (κ3) is 2.85. The van der Waals surface area contributed by atoms with Gasteiger partial charge in [-0.05, 0) is 13.5 Å². The topological polar surface area (TPSA) is 56.2 Å². The number of ether oxygens (including phenoxy) is 1. The minimum atomic E-state index is -0.392. The van der Waals surface area contributed by atoms with E-state index < -0.39 is 6.09 Å². The lowest BCUT2D eigenvalue weighted by molar-refractivity contribution is 0.135. The Bertz CT molecular complexity index is 268. The summed E-state index contributed by atoms with van der Waals surface area (Å²) in [5, 5.41) is 3.05. The molecule has 14 heavy (non-hydrogen) atoms. The number of hydrogen-bond acceptors (Lipinski definition) is 4. The molecule has 5 heteroatoms. The van der Waals surface area contributed by atoms with Gasteiger partial charge in [-0.1, -0.05) is 6.92 Å². The smallest absolute Gasteiger partial charge is 0.419 e. The van der Waals surface area contributed by atoms with Gasteiger partial charge >= 0.3 is 6.09 Å². The van der Waals surface area contributed by atoms with Crippen molar-refractivity contribution in [1.82, 2.24) is 14.9 Å². The SMILES string of the molecule is CCC(COC(=O)n1ccnc1)NC. The third-order valence-electron chi connectivity index (χ3n) is 2.02. The second kappa shape index (κ2) is 5.39. The molecule has 5 nitrogen and oxygen atoms in total. The zero-order valence-corrected chi connectivity index (χ0v) is 8.43. The molecule has 0 aliphatic rings. The number of nitrogens with one attached hydrogen (secondary N) is 1. The molecule has 0 aliphatic heterocycles. The maximum Gasteiger partial charge on any atom is 0.419 e. The van der Waals surface area contributed by atoms with E-state index in [-0.39, 0.29) is 6.04 Å². The number of hydrogen-bond donors (Lipinski definition) is 1. The summed E-state index contributed by atoms with van der Waals surface area (Å²) in [6.07, 6.45) is 5.05. The Hall–Kier alpha value is -1.36. The molecule has 0 spiro atoms. The van der Waals surface area contributed by atoms with Gasteiger partial charge in [-0.2, -0.15) is 0 Å². The van der Waals surface area contributed by atoms with Gasteiger partial charge in [0, 0.05) is 18.4 Å². The van der Waals surface area contributed by atoms with E-state index in [1.54, 1.807) is 6.20 Å². The van der Waals surface area contributed by atoms with Gasteiger partial charge in [0.15, 0.2) is 0 Å². The Morgan fingerprint density at radius 1 is 1.71 bits per heavy atom. The van der Waals surface area contributed by atoms with Crippen molar-refractivity contribution < 1.29 is 9.53 Å². The van der Waals surface area contributed by atoms with Crippen LogP contribution >= 0.6 is 0 Å². The molecule has 0 aliphatic carbocycles. The van der Waals surface area contributed by atoms with Crippen LogP contribution in [0.25, 0.3) is 0 Å². The second-order valence-corrected chi connectivity index (χ2v) is 2.94. The lowest BCUT2D eigenvalue weighted by Gasteiger charge is -2.13. The van der Waals surface area contributed by atoms with E-state index in [0.717, 1.165) is 6.42 Å². The number of aromatic nitrogens is 2. The summed E-state index contributed by atoms with van der Waals surface area (Å²) >= 11 is 0.